The third-order valence-electron chi connectivity index (χ3n) is 14.3. The molecule has 0 aromatic carbocycles. The highest BCUT2D eigenvalue weighted by atomic mass is 16.6. The second-order valence-electron chi connectivity index (χ2n) is 21.7. The van der Waals surface area contributed by atoms with E-state index in [2.05, 4.69) is 34.6 Å². The molecule has 0 aromatic heterocycles. The molecule has 0 saturated carbocycles. The Labute approximate surface area is 418 Å². The van der Waals surface area contributed by atoms with Crippen molar-refractivity contribution in [3.8, 4) is 0 Å². The third-order valence-corrected chi connectivity index (χ3v) is 14.3. The van der Waals surface area contributed by atoms with E-state index < -0.39 is 6.10 Å². The molecule has 0 aromatic rings. The SMILES string of the molecule is CCCCCCCCCCCCCCCCC(=O)O[C@@H](COC(=O)CCCCCCCCCCCCCCCCCCCCC(C)C)COC(=O)CCCCCCCCCCCCC(C)CC. The van der Waals surface area contributed by atoms with E-state index in [9.17, 15) is 14.4 Å². The van der Waals surface area contributed by atoms with Gasteiger partial charge < -0.3 is 14.2 Å². The Bertz CT molecular complexity index is 1030. The summed E-state index contributed by atoms with van der Waals surface area (Å²) in [4.78, 5) is 38.2. The fraction of sp³-hybridized carbons (Fsp3) is 0.951. The van der Waals surface area contributed by atoms with Gasteiger partial charge in [0.1, 0.15) is 13.2 Å². The number of unbranched alkanes of at least 4 members (excludes halogenated alkanes) is 39. The second kappa shape index (κ2) is 53.8. The fourth-order valence-corrected chi connectivity index (χ4v) is 9.37. The number of rotatable bonds is 55. The van der Waals surface area contributed by atoms with Crippen LogP contribution in [0.15, 0.2) is 0 Å². The first-order valence-electron chi connectivity index (χ1n) is 30.3. The Kier molecular flexibility index (Phi) is 52.5. The van der Waals surface area contributed by atoms with E-state index in [-0.39, 0.29) is 31.1 Å². The van der Waals surface area contributed by atoms with Gasteiger partial charge >= 0.3 is 17.9 Å². The lowest BCUT2D eigenvalue weighted by molar-refractivity contribution is -0.167. The fourth-order valence-electron chi connectivity index (χ4n) is 9.37. The lowest BCUT2D eigenvalue weighted by Gasteiger charge is -2.18. The molecule has 6 nitrogen and oxygen atoms in total. The van der Waals surface area contributed by atoms with Gasteiger partial charge in [0.15, 0.2) is 6.10 Å². The molecule has 67 heavy (non-hydrogen) atoms. The molecule has 1 unspecified atom stereocenters. The normalized spacial score (nSPS) is 12.4. The number of hydrogen-bond donors (Lipinski definition) is 0. The first-order chi connectivity index (χ1) is 32.8. The summed E-state index contributed by atoms with van der Waals surface area (Å²) < 4.78 is 16.9. The summed E-state index contributed by atoms with van der Waals surface area (Å²) in [5.74, 6) is 0.892. The van der Waals surface area contributed by atoms with Crippen LogP contribution in [0, 0.1) is 11.8 Å². The molecule has 0 bridgehead atoms. The summed E-state index contributed by atoms with van der Waals surface area (Å²) in [5.41, 5.74) is 0. The van der Waals surface area contributed by atoms with Gasteiger partial charge in [-0.3, -0.25) is 14.4 Å². The van der Waals surface area contributed by atoms with E-state index in [1.54, 1.807) is 0 Å². The molecule has 0 amide bonds. The maximum atomic E-state index is 12.9. The van der Waals surface area contributed by atoms with Crippen molar-refractivity contribution >= 4 is 17.9 Å². The Morgan fingerprint density at radius 1 is 0.313 bits per heavy atom. The van der Waals surface area contributed by atoms with Gasteiger partial charge in [-0.05, 0) is 31.1 Å². The van der Waals surface area contributed by atoms with E-state index >= 15 is 0 Å². The largest absolute Gasteiger partial charge is 0.462 e. The standard InChI is InChI=1S/C61H118O6/c1-6-8-9-10-11-12-13-14-22-26-33-38-43-48-53-61(64)67-58(55-66-60(63)52-47-42-37-32-28-27-30-35-40-45-50-57(5)7-2)54-65-59(62)51-46-41-36-31-25-23-20-18-16-15-17-19-21-24-29-34-39-44-49-56(3)4/h56-58H,6-55H2,1-5H3/t57?,58-/m0/s1. The average molecular weight is 948 g/mol. The quantitative estimate of drug-likeness (QED) is 0.0343. The van der Waals surface area contributed by atoms with Crippen LogP contribution in [0.3, 0.4) is 0 Å². The van der Waals surface area contributed by atoms with Crippen LogP contribution in [-0.2, 0) is 28.6 Å². The van der Waals surface area contributed by atoms with Crippen LogP contribution in [0.4, 0.5) is 0 Å². The van der Waals surface area contributed by atoms with Crippen LogP contribution < -0.4 is 0 Å². The highest BCUT2D eigenvalue weighted by molar-refractivity contribution is 5.71. The number of esters is 3. The molecule has 0 fully saturated rings. The van der Waals surface area contributed by atoms with Gasteiger partial charge in [0.25, 0.3) is 0 Å². The summed E-state index contributed by atoms with van der Waals surface area (Å²) in [5, 5.41) is 0. The predicted molar refractivity (Wildman–Crippen MR) is 289 cm³/mol. The van der Waals surface area contributed by atoms with Crippen molar-refractivity contribution in [2.75, 3.05) is 13.2 Å². The van der Waals surface area contributed by atoms with Gasteiger partial charge in [0.2, 0.25) is 0 Å². The topological polar surface area (TPSA) is 78.9 Å². The van der Waals surface area contributed by atoms with Crippen LogP contribution in [0.5, 0.6) is 0 Å². The Morgan fingerprint density at radius 3 is 0.851 bits per heavy atom. The van der Waals surface area contributed by atoms with Crippen LogP contribution in [-0.4, -0.2) is 37.2 Å². The lowest BCUT2D eigenvalue weighted by Crippen LogP contribution is -2.30. The molecule has 2 atom stereocenters. The third kappa shape index (κ3) is 53.6. The Hall–Kier alpha value is -1.59. The first-order valence-corrected chi connectivity index (χ1v) is 30.3. The maximum absolute atomic E-state index is 12.9. The van der Waals surface area contributed by atoms with E-state index in [1.807, 2.05) is 0 Å². The zero-order valence-electron chi connectivity index (χ0n) is 46.0. The average Bonchev–Trinajstić information content (AvgIpc) is 3.31. The zero-order valence-corrected chi connectivity index (χ0v) is 46.0. The van der Waals surface area contributed by atoms with Crippen LogP contribution in [0.1, 0.15) is 343 Å². The van der Waals surface area contributed by atoms with Crippen molar-refractivity contribution in [2.24, 2.45) is 11.8 Å². The molecule has 0 N–H and O–H groups in total. The molecule has 0 radical (unpaired) electrons. The molecule has 0 spiro atoms. The van der Waals surface area contributed by atoms with Crippen molar-refractivity contribution in [1.82, 2.24) is 0 Å². The highest BCUT2D eigenvalue weighted by Gasteiger charge is 2.19. The monoisotopic (exact) mass is 947 g/mol. The lowest BCUT2D eigenvalue weighted by atomic mass is 9.99. The molecule has 0 aliphatic rings. The van der Waals surface area contributed by atoms with Crippen LogP contribution >= 0.6 is 0 Å². The minimum atomic E-state index is -0.763. The van der Waals surface area contributed by atoms with Crippen molar-refractivity contribution in [2.45, 2.75) is 349 Å². The van der Waals surface area contributed by atoms with Crippen molar-refractivity contribution in [3.63, 3.8) is 0 Å². The number of carbonyl (C=O) groups excluding carboxylic acids is 3. The van der Waals surface area contributed by atoms with Crippen molar-refractivity contribution in [3.05, 3.63) is 0 Å². The summed E-state index contributed by atoms with van der Waals surface area (Å²) in [6.07, 6.45) is 58.1. The predicted octanol–water partition coefficient (Wildman–Crippen LogP) is 20.0. The molecule has 6 heteroatoms. The number of carbonyl (C=O) groups is 3. The minimum Gasteiger partial charge on any atom is -0.462 e. The van der Waals surface area contributed by atoms with Crippen LogP contribution in [0.25, 0.3) is 0 Å². The Balaban J connectivity index is 4.25. The smallest absolute Gasteiger partial charge is 0.306 e. The van der Waals surface area contributed by atoms with Gasteiger partial charge in [-0.2, -0.15) is 0 Å². The summed E-state index contributed by atoms with van der Waals surface area (Å²) in [7, 11) is 0. The van der Waals surface area contributed by atoms with E-state index in [0.29, 0.717) is 19.3 Å². The van der Waals surface area contributed by atoms with E-state index in [4.69, 9.17) is 14.2 Å². The van der Waals surface area contributed by atoms with Gasteiger partial charge in [0.05, 0.1) is 0 Å². The van der Waals surface area contributed by atoms with Gasteiger partial charge in [0, 0.05) is 19.3 Å². The maximum Gasteiger partial charge on any atom is 0.306 e. The molecular weight excluding hydrogens is 829 g/mol. The second-order valence-corrected chi connectivity index (χ2v) is 21.7. The van der Waals surface area contributed by atoms with Crippen molar-refractivity contribution in [1.29, 1.82) is 0 Å². The van der Waals surface area contributed by atoms with Gasteiger partial charge in [-0.1, -0.05) is 304 Å². The van der Waals surface area contributed by atoms with Crippen molar-refractivity contribution < 1.29 is 28.6 Å². The summed E-state index contributed by atoms with van der Waals surface area (Å²) in [6.45, 7) is 11.5. The zero-order chi connectivity index (χ0) is 48.9. The molecule has 0 saturated heterocycles. The van der Waals surface area contributed by atoms with Gasteiger partial charge in [-0.15, -0.1) is 0 Å². The van der Waals surface area contributed by atoms with Gasteiger partial charge in [-0.25, -0.2) is 0 Å². The molecule has 0 aliphatic carbocycles. The van der Waals surface area contributed by atoms with E-state index in [0.717, 1.165) is 69.6 Å². The Morgan fingerprint density at radius 2 is 0.567 bits per heavy atom. The van der Waals surface area contributed by atoms with Crippen LogP contribution in [0.2, 0.25) is 0 Å². The first kappa shape index (κ1) is 65.4. The molecule has 0 aliphatic heterocycles. The summed E-state index contributed by atoms with van der Waals surface area (Å²) in [6, 6.07) is 0. The summed E-state index contributed by atoms with van der Waals surface area (Å²) >= 11 is 0. The molecule has 398 valence electrons. The molecular formula is C61H118O6. The number of hydrogen-bond acceptors (Lipinski definition) is 6. The molecule has 0 rings (SSSR count). The number of ether oxygens (including phenoxy) is 3. The molecule has 0 heterocycles. The highest BCUT2D eigenvalue weighted by Crippen LogP contribution is 2.19. The van der Waals surface area contributed by atoms with E-state index in [1.165, 1.54) is 231 Å². The minimum absolute atomic E-state index is 0.0624.